The highest BCUT2D eigenvalue weighted by Gasteiger charge is 2.26. The van der Waals surface area contributed by atoms with Crippen LogP contribution in [-0.2, 0) is 23.9 Å². The van der Waals surface area contributed by atoms with Crippen molar-refractivity contribution in [3.05, 3.63) is 94.7 Å². The van der Waals surface area contributed by atoms with E-state index in [4.69, 9.17) is 9.47 Å². The number of esters is 3. The first kappa shape index (κ1) is 30.3. The number of hydrogen-bond acceptors (Lipinski definition) is 6. The molecular weight excluding hydrogens is 480 g/mol. The maximum Gasteiger partial charge on any atom is 0.352 e. The fourth-order valence-corrected chi connectivity index (χ4v) is 4.09. The Balaban J connectivity index is 1.80. The van der Waals surface area contributed by atoms with Gasteiger partial charge in [-0.1, -0.05) is 67.5 Å². The number of ether oxygens (including phenoxy) is 3. The van der Waals surface area contributed by atoms with Crippen molar-refractivity contribution in [1.29, 1.82) is 0 Å². The van der Waals surface area contributed by atoms with Gasteiger partial charge in [-0.3, -0.25) is 0 Å². The first-order valence-electron chi connectivity index (χ1n) is 12.7. The van der Waals surface area contributed by atoms with Gasteiger partial charge in [-0.2, -0.15) is 0 Å². The minimum atomic E-state index is -0.953. The molecule has 0 amide bonds. The first-order chi connectivity index (χ1) is 18.0. The standard InChI is InChI=1S/C32H38O6/c1-23(12-18-28-25(3)11-8-20-32(28,4)5)9-7-10-24(2)21-30(34)38-31(35)22-37-29(33)19-15-26-13-16-27(36-6)17-14-26/h7,9-10,12-19,21H,8,11,20,22H2,1-6H3/b10-7+,18-12+,19-15+,23-9+,24-21+. The molecule has 1 aromatic carbocycles. The van der Waals surface area contributed by atoms with Crippen molar-refractivity contribution in [2.75, 3.05) is 13.7 Å². The number of carbonyl (C=O) groups excluding carboxylic acids is 3. The fraction of sp³-hybridized carbons (Fsp3) is 0.344. The van der Waals surface area contributed by atoms with E-state index in [9.17, 15) is 14.4 Å². The Morgan fingerprint density at radius 2 is 1.66 bits per heavy atom. The number of rotatable bonds is 10. The van der Waals surface area contributed by atoms with Crippen molar-refractivity contribution in [2.45, 2.75) is 53.9 Å². The predicted octanol–water partition coefficient (Wildman–Crippen LogP) is 6.85. The van der Waals surface area contributed by atoms with Crippen LogP contribution in [0.25, 0.3) is 6.08 Å². The first-order valence-corrected chi connectivity index (χ1v) is 12.7. The molecule has 0 saturated heterocycles. The van der Waals surface area contributed by atoms with E-state index in [1.54, 1.807) is 44.4 Å². The number of methoxy groups -OCH3 is 1. The van der Waals surface area contributed by atoms with E-state index < -0.39 is 24.5 Å². The monoisotopic (exact) mass is 518 g/mol. The Hall–Kier alpha value is -3.93. The molecule has 0 N–H and O–H groups in total. The van der Waals surface area contributed by atoms with Gasteiger partial charge in [0.05, 0.1) is 7.11 Å². The summed E-state index contributed by atoms with van der Waals surface area (Å²) in [5.41, 5.74) is 5.50. The smallest absolute Gasteiger partial charge is 0.352 e. The van der Waals surface area contributed by atoms with Crippen LogP contribution in [0.15, 0.2) is 89.1 Å². The van der Waals surface area contributed by atoms with E-state index in [1.807, 2.05) is 19.1 Å². The summed E-state index contributed by atoms with van der Waals surface area (Å²) in [6, 6.07) is 7.04. The van der Waals surface area contributed by atoms with E-state index in [-0.39, 0.29) is 5.41 Å². The third kappa shape index (κ3) is 10.6. The largest absolute Gasteiger partial charge is 0.497 e. The van der Waals surface area contributed by atoms with Gasteiger partial charge in [0.1, 0.15) is 5.75 Å². The highest BCUT2D eigenvalue weighted by atomic mass is 16.6. The van der Waals surface area contributed by atoms with Crippen LogP contribution >= 0.6 is 0 Å². The number of benzene rings is 1. The van der Waals surface area contributed by atoms with Crippen molar-refractivity contribution >= 4 is 24.0 Å². The molecule has 1 aliphatic rings. The normalized spacial score (nSPS) is 16.4. The molecular formula is C32H38O6. The molecule has 0 heterocycles. The molecule has 0 saturated carbocycles. The molecule has 0 fully saturated rings. The Morgan fingerprint density at radius 1 is 0.947 bits per heavy atom. The van der Waals surface area contributed by atoms with Gasteiger partial charge in [0.25, 0.3) is 0 Å². The van der Waals surface area contributed by atoms with Crippen molar-refractivity contribution < 1.29 is 28.6 Å². The number of allylic oxidation sites excluding steroid dienone is 9. The zero-order valence-electron chi connectivity index (χ0n) is 23.2. The Labute approximate surface area is 226 Å². The average Bonchev–Trinajstić information content (AvgIpc) is 2.85. The lowest BCUT2D eigenvalue weighted by Crippen LogP contribution is -2.19. The zero-order chi connectivity index (χ0) is 28.1. The highest BCUT2D eigenvalue weighted by molar-refractivity contribution is 5.94. The molecule has 0 spiro atoms. The SMILES string of the molecule is COc1ccc(/C=C/C(=O)OCC(=O)OC(=O)/C=C(C)/C=C/C=C(C)/C=C/C2=C(C)CCCC2(C)C)cc1. The molecule has 6 heteroatoms. The lowest BCUT2D eigenvalue weighted by Gasteiger charge is -2.32. The number of hydrogen-bond donors (Lipinski definition) is 0. The molecule has 0 aromatic heterocycles. The van der Waals surface area contributed by atoms with Crippen LogP contribution in [0.1, 0.15) is 59.4 Å². The van der Waals surface area contributed by atoms with Crippen LogP contribution in [0.5, 0.6) is 5.75 Å². The third-order valence-electron chi connectivity index (χ3n) is 6.19. The molecule has 1 aliphatic carbocycles. The highest BCUT2D eigenvalue weighted by Crippen LogP contribution is 2.40. The summed E-state index contributed by atoms with van der Waals surface area (Å²) >= 11 is 0. The molecule has 0 unspecified atom stereocenters. The van der Waals surface area contributed by atoms with Gasteiger partial charge < -0.3 is 14.2 Å². The van der Waals surface area contributed by atoms with Gasteiger partial charge in [0.2, 0.25) is 0 Å². The third-order valence-corrected chi connectivity index (χ3v) is 6.19. The van der Waals surface area contributed by atoms with E-state index >= 15 is 0 Å². The molecule has 0 radical (unpaired) electrons. The van der Waals surface area contributed by atoms with Gasteiger partial charge in [-0.05, 0) is 80.4 Å². The van der Waals surface area contributed by atoms with E-state index in [1.165, 1.54) is 42.2 Å². The lowest BCUT2D eigenvalue weighted by molar-refractivity contribution is -0.163. The summed E-state index contributed by atoms with van der Waals surface area (Å²) in [6.45, 7) is 9.87. The van der Waals surface area contributed by atoms with E-state index in [2.05, 4.69) is 37.7 Å². The second-order valence-electron chi connectivity index (χ2n) is 9.93. The van der Waals surface area contributed by atoms with Gasteiger partial charge in [0.15, 0.2) is 6.61 Å². The van der Waals surface area contributed by atoms with Gasteiger partial charge in [-0.25, -0.2) is 14.4 Å². The van der Waals surface area contributed by atoms with Crippen molar-refractivity contribution in [3.63, 3.8) is 0 Å². The quantitative estimate of drug-likeness (QED) is 0.146. The van der Waals surface area contributed by atoms with Crippen molar-refractivity contribution in [3.8, 4) is 5.75 Å². The molecule has 2 rings (SSSR count). The minimum absolute atomic E-state index is 0.193. The van der Waals surface area contributed by atoms with Crippen LogP contribution in [0.4, 0.5) is 0 Å². The second kappa shape index (κ2) is 14.7. The zero-order valence-corrected chi connectivity index (χ0v) is 23.2. The van der Waals surface area contributed by atoms with Gasteiger partial charge in [0, 0.05) is 12.2 Å². The Bertz CT molecular complexity index is 1190. The lowest BCUT2D eigenvalue weighted by atomic mass is 9.72. The summed E-state index contributed by atoms with van der Waals surface area (Å²) in [5.74, 6) is -1.81. The van der Waals surface area contributed by atoms with E-state index in [0.29, 0.717) is 11.3 Å². The van der Waals surface area contributed by atoms with Crippen LogP contribution in [-0.4, -0.2) is 31.6 Å². The van der Waals surface area contributed by atoms with Gasteiger partial charge >= 0.3 is 17.9 Å². The van der Waals surface area contributed by atoms with Gasteiger partial charge in [-0.15, -0.1) is 0 Å². The summed E-state index contributed by atoms with van der Waals surface area (Å²) < 4.78 is 14.6. The fourth-order valence-electron chi connectivity index (χ4n) is 4.09. The summed E-state index contributed by atoms with van der Waals surface area (Å²) in [4.78, 5) is 35.6. The molecule has 1 aromatic rings. The Kier molecular flexibility index (Phi) is 11.7. The van der Waals surface area contributed by atoms with Crippen molar-refractivity contribution in [1.82, 2.24) is 0 Å². The molecule has 38 heavy (non-hydrogen) atoms. The summed E-state index contributed by atoms with van der Waals surface area (Å²) in [5, 5.41) is 0. The molecule has 0 atom stereocenters. The maximum atomic E-state index is 12.0. The second-order valence-corrected chi connectivity index (χ2v) is 9.93. The molecule has 0 bridgehead atoms. The van der Waals surface area contributed by atoms with Crippen LogP contribution in [0.3, 0.4) is 0 Å². The van der Waals surface area contributed by atoms with Crippen LogP contribution < -0.4 is 4.74 Å². The molecule has 6 nitrogen and oxygen atoms in total. The van der Waals surface area contributed by atoms with Crippen LogP contribution in [0.2, 0.25) is 0 Å². The summed E-state index contributed by atoms with van der Waals surface area (Å²) in [7, 11) is 1.56. The Morgan fingerprint density at radius 3 is 2.32 bits per heavy atom. The van der Waals surface area contributed by atoms with Crippen LogP contribution in [0, 0.1) is 5.41 Å². The molecule has 0 aliphatic heterocycles. The van der Waals surface area contributed by atoms with E-state index in [0.717, 1.165) is 17.6 Å². The minimum Gasteiger partial charge on any atom is -0.497 e. The molecule has 202 valence electrons. The average molecular weight is 519 g/mol. The number of carbonyl (C=O) groups is 3. The predicted molar refractivity (Wildman–Crippen MR) is 150 cm³/mol. The van der Waals surface area contributed by atoms with Crippen molar-refractivity contribution in [2.24, 2.45) is 5.41 Å². The topological polar surface area (TPSA) is 78.9 Å². The maximum absolute atomic E-state index is 12.0. The summed E-state index contributed by atoms with van der Waals surface area (Å²) in [6.07, 6.45) is 17.4.